The Hall–Kier alpha value is -1.53. The summed E-state index contributed by atoms with van der Waals surface area (Å²) in [6.07, 6.45) is 0. The molecule has 3 N–H and O–H groups in total. The second kappa shape index (κ2) is 5.41. The molecule has 0 spiro atoms. The highest BCUT2D eigenvalue weighted by Gasteiger charge is 2.11. The van der Waals surface area contributed by atoms with E-state index in [1.807, 2.05) is 11.4 Å². The van der Waals surface area contributed by atoms with Gasteiger partial charge < -0.3 is 15.5 Å². The van der Waals surface area contributed by atoms with Crippen LogP contribution in [0.2, 0.25) is 0 Å². The van der Waals surface area contributed by atoms with Crippen LogP contribution >= 0.6 is 27.3 Å². The molecule has 0 saturated heterocycles. The molecule has 18 heavy (non-hydrogen) atoms. The van der Waals surface area contributed by atoms with Gasteiger partial charge in [0.1, 0.15) is 4.88 Å². The quantitative estimate of drug-likeness (QED) is 0.759. The van der Waals surface area contributed by atoms with Gasteiger partial charge in [0.15, 0.2) is 11.5 Å². The summed E-state index contributed by atoms with van der Waals surface area (Å²) in [4.78, 5) is 12.4. The molecule has 0 aliphatic heterocycles. The first kappa shape index (κ1) is 12.9. The third-order valence-electron chi connectivity index (χ3n) is 2.32. The van der Waals surface area contributed by atoms with Crippen LogP contribution < -0.4 is 5.32 Å². The minimum absolute atomic E-state index is 0.175. The maximum absolute atomic E-state index is 11.8. The maximum Gasteiger partial charge on any atom is 0.262 e. The van der Waals surface area contributed by atoms with E-state index in [9.17, 15) is 9.90 Å². The number of benzene rings is 1. The summed E-state index contributed by atoms with van der Waals surface area (Å²) in [5, 5.41) is 23.1. The topological polar surface area (TPSA) is 69.6 Å². The first-order valence-corrected chi connectivity index (χ1v) is 6.77. The van der Waals surface area contributed by atoms with E-state index in [-0.39, 0.29) is 24.0 Å². The second-order valence-corrected chi connectivity index (χ2v) is 5.37. The molecular formula is C12H10BrNO3S. The molecule has 6 heteroatoms. The van der Waals surface area contributed by atoms with Crippen LogP contribution in [0.5, 0.6) is 11.5 Å². The summed E-state index contributed by atoms with van der Waals surface area (Å²) in [6, 6.07) is 6.25. The Kier molecular flexibility index (Phi) is 3.88. The molecule has 0 radical (unpaired) electrons. The van der Waals surface area contributed by atoms with Gasteiger partial charge in [0, 0.05) is 11.0 Å². The fourth-order valence-electron chi connectivity index (χ4n) is 1.40. The van der Waals surface area contributed by atoms with Crippen LogP contribution in [0.4, 0.5) is 0 Å². The van der Waals surface area contributed by atoms with Crippen LogP contribution in [0.3, 0.4) is 0 Å². The molecule has 1 amide bonds. The molecule has 0 atom stereocenters. The minimum Gasteiger partial charge on any atom is -0.504 e. The van der Waals surface area contributed by atoms with Gasteiger partial charge in [-0.25, -0.2) is 0 Å². The van der Waals surface area contributed by atoms with Gasteiger partial charge in [-0.3, -0.25) is 4.79 Å². The van der Waals surface area contributed by atoms with Gasteiger partial charge in [-0.1, -0.05) is 6.07 Å². The molecule has 4 nitrogen and oxygen atoms in total. The lowest BCUT2D eigenvalue weighted by Crippen LogP contribution is -2.22. The third kappa shape index (κ3) is 2.83. The number of halogens is 1. The summed E-state index contributed by atoms with van der Waals surface area (Å²) in [5.41, 5.74) is 0.714. The van der Waals surface area contributed by atoms with E-state index in [2.05, 4.69) is 21.2 Å². The van der Waals surface area contributed by atoms with Crippen molar-refractivity contribution in [3.63, 3.8) is 0 Å². The summed E-state index contributed by atoms with van der Waals surface area (Å²) < 4.78 is 0.763. The number of thiophene rings is 1. The van der Waals surface area contributed by atoms with Gasteiger partial charge in [-0.2, -0.15) is 0 Å². The standard InChI is InChI=1S/C12H10BrNO3S/c13-8-3-4-18-11(8)12(17)14-6-7-1-2-9(15)10(16)5-7/h1-5,15-16H,6H2,(H,14,17). The smallest absolute Gasteiger partial charge is 0.262 e. The van der Waals surface area contributed by atoms with E-state index < -0.39 is 0 Å². The van der Waals surface area contributed by atoms with Crippen molar-refractivity contribution >= 4 is 33.2 Å². The minimum atomic E-state index is -0.195. The van der Waals surface area contributed by atoms with Crippen molar-refractivity contribution in [3.05, 3.63) is 44.6 Å². The zero-order valence-corrected chi connectivity index (χ0v) is 11.6. The van der Waals surface area contributed by atoms with E-state index in [0.29, 0.717) is 10.4 Å². The number of phenols is 2. The van der Waals surface area contributed by atoms with Crippen molar-refractivity contribution in [1.82, 2.24) is 5.32 Å². The van der Waals surface area contributed by atoms with E-state index in [1.54, 1.807) is 6.07 Å². The van der Waals surface area contributed by atoms with Crippen LogP contribution in [0.15, 0.2) is 34.1 Å². The molecule has 0 bridgehead atoms. The molecule has 1 aromatic carbocycles. The van der Waals surface area contributed by atoms with Crippen molar-refractivity contribution in [2.45, 2.75) is 6.54 Å². The van der Waals surface area contributed by atoms with Crippen molar-refractivity contribution in [3.8, 4) is 11.5 Å². The lowest BCUT2D eigenvalue weighted by molar-refractivity contribution is 0.0954. The van der Waals surface area contributed by atoms with Gasteiger partial charge >= 0.3 is 0 Å². The fraction of sp³-hybridized carbons (Fsp3) is 0.0833. The highest BCUT2D eigenvalue weighted by atomic mass is 79.9. The predicted molar refractivity (Wildman–Crippen MR) is 73.0 cm³/mol. The first-order chi connectivity index (χ1) is 8.58. The van der Waals surface area contributed by atoms with Crippen molar-refractivity contribution < 1.29 is 15.0 Å². The molecule has 0 unspecified atom stereocenters. The second-order valence-electron chi connectivity index (χ2n) is 3.60. The molecule has 2 aromatic rings. The summed E-state index contributed by atoms with van der Waals surface area (Å²) >= 11 is 4.64. The Labute approximate surface area is 116 Å². The zero-order valence-electron chi connectivity index (χ0n) is 9.18. The number of hydrogen-bond acceptors (Lipinski definition) is 4. The summed E-state index contributed by atoms with van der Waals surface area (Å²) in [5.74, 6) is -0.547. The number of phenolic OH excluding ortho intramolecular Hbond substituents is 2. The van der Waals surface area contributed by atoms with Gasteiger partial charge in [0.05, 0.1) is 0 Å². The highest BCUT2D eigenvalue weighted by Crippen LogP contribution is 2.25. The molecule has 0 fully saturated rings. The van der Waals surface area contributed by atoms with Gasteiger partial charge in [-0.05, 0) is 45.1 Å². The summed E-state index contributed by atoms with van der Waals surface area (Å²) in [7, 11) is 0. The molecule has 2 rings (SSSR count). The van der Waals surface area contributed by atoms with E-state index in [1.165, 1.54) is 23.5 Å². The largest absolute Gasteiger partial charge is 0.504 e. The first-order valence-electron chi connectivity index (χ1n) is 5.10. The Bertz CT molecular complexity index is 582. The van der Waals surface area contributed by atoms with Crippen molar-refractivity contribution in [1.29, 1.82) is 0 Å². The number of carbonyl (C=O) groups excluding carboxylic acids is 1. The SMILES string of the molecule is O=C(NCc1ccc(O)c(O)c1)c1sccc1Br. The van der Waals surface area contributed by atoms with Gasteiger partial charge in [-0.15, -0.1) is 11.3 Å². The van der Waals surface area contributed by atoms with E-state index in [4.69, 9.17) is 5.11 Å². The van der Waals surface area contributed by atoms with Gasteiger partial charge in [0.2, 0.25) is 0 Å². The average Bonchev–Trinajstić information content (AvgIpc) is 2.77. The van der Waals surface area contributed by atoms with E-state index in [0.717, 1.165) is 4.47 Å². The van der Waals surface area contributed by atoms with Crippen LogP contribution in [0.1, 0.15) is 15.2 Å². The molecule has 1 heterocycles. The number of carbonyl (C=O) groups is 1. The molecule has 1 aromatic heterocycles. The molecule has 94 valence electrons. The number of nitrogens with one attached hydrogen (secondary N) is 1. The Balaban J connectivity index is 2.02. The van der Waals surface area contributed by atoms with Crippen molar-refractivity contribution in [2.75, 3.05) is 0 Å². The number of aromatic hydroxyl groups is 2. The Morgan fingerprint density at radius 2 is 2.06 bits per heavy atom. The van der Waals surface area contributed by atoms with Crippen LogP contribution in [-0.2, 0) is 6.54 Å². The zero-order chi connectivity index (χ0) is 13.1. The lowest BCUT2D eigenvalue weighted by Gasteiger charge is -2.05. The van der Waals surface area contributed by atoms with Crippen LogP contribution in [0, 0.1) is 0 Å². The maximum atomic E-state index is 11.8. The fourth-order valence-corrected chi connectivity index (χ4v) is 2.86. The Morgan fingerprint density at radius 3 is 2.67 bits per heavy atom. The number of hydrogen-bond donors (Lipinski definition) is 3. The van der Waals surface area contributed by atoms with E-state index >= 15 is 0 Å². The molecule has 0 aliphatic carbocycles. The average molecular weight is 328 g/mol. The normalized spacial score (nSPS) is 10.3. The Morgan fingerprint density at radius 1 is 1.28 bits per heavy atom. The lowest BCUT2D eigenvalue weighted by atomic mass is 10.2. The highest BCUT2D eigenvalue weighted by molar-refractivity contribution is 9.10. The van der Waals surface area contributed by atoms with Crippen LogP contribution in [-0.4, -0.2) is 16.1 Å². The van der Waals surface area contributed by atoms with Crippen LogP contribution in [0.25, 0.3) is 0 Å². The predicted octanol–water partition coefficient (Wildman–Crippen LogP) is 2.85. The summed E-state index contributed by atoms with van der Waals surface area (Å²) in [6.45, 7) is 0.289. The number of rotatable bonds is 3. The molecular weight excluding hydrogens is 318 g/mol. The third-order valence-corrected chi connectivity index (χ3v) is 4.15. The monoisotopic (exact) mass is 327 g/mol. The number of amides is 1. The molecule has 0 aliphatic rings. The molecule has 0 saturated carbocycles. The van der Waals surface area contributed by atoms with Crippen molar-refractivity contribution in [2.24, 2.45) is 0 Å². The van der Waals surface area contributed by atoms with Gasteiger partial charge in [0.25, 0.3) is 5.91 Å².